The molecule has 0 aliphatic rings. The lowest BCUT2D eigenvalue weighted by molar-refractivity contribution is 0.180. The summed E-state index contributed by atoms with van der Waals surface area (Å²) in [6.45, 7) is 3.88. The van der Waals surface area contributed by atoms with Crippen molar-refractivity contribution in [3.63, 3.8) is 0 Å². The largest absolute Gasteiger partial charge is 0.383 e. The van der Waals surface area contributed by atoms with Gasteiger partial charge in [0.1, 0.15) is 0 Å². The van der Waals surface area contributed by atoms with Gasteiger partial charge in [0.05, 0.1) is 11.5 Å². The molecule has 0 amide bonds. The second-order valence-electron chi connectivity index (χ2n) is 4.34. The third-order valence-electron chi connectivity index (χ3n) is 2.47. The number of hydrogen-bond donors (Lipinski definition) is 2. The van der Waals surface area contributed by atoms with Gasteiger partial charge in [-0.15, -0.1) is 0 Å². The van der Waals surface area contributed by atoms with E-state index in [-0.39, 0.29) is 17.0 Å². The Morgan fingerprint density at radius 3 is 2.61 bits per heavy atom. The molecule has 1 aromatic carbocycles. The van der Waals surface area contributed by atoms with Crippen molar-refractivity contribution in [1.82, 2.24) is 4.72 Å². The van der Waals surface area contributed by atoms with Crippen molar-refractivity contribution in [3.8, 4) is 0 Å². The molecule has 2 atom stereocenters. The van der Waals surface area contributed by atoms with Gasteiger partial charge in [-0.1, -0.05) is 12.1 Å². The smallest absolute Gasteiger partial charge is 0.240 e. The van der Waals surface area contributed by atoms with Crippen molar-refractivity contribution in [2.24, 2.45) is 5.73 Å². The number of rotatable bonds is 6. The van der Waals surface area contributed by atoms with E-state index in [9.17, 15) is 8.42 Å². The summed E-state index contributed by atoms with van der Waals surface area (Å²) in [6.07, 6.45) is 0. The third-order valence-corrected chi connectivity index (χ3v) is 4.05. The van der Waals surface area contributed by atoms with Crippen LogP contribution in [0.5, 0.6) is 0 Å². The van der Waals surface area contributed by atoms with Crippen molar-refractivity contribution < 1.29 is 13.2 Å². The first-order chi connectivity index (χ1) is 8.36. The Labute approximate surface area is 108 Å². The van der Waals surface area contributed by atoms with Crippen molar-refractivity contribution in [2.45, 2.75) is 30.8 Å². The molecule has 1 aromatic rings. The molecule has 0 spiro atoms. The van der Waals surface area contributed by atoms with Gasteiger partial charge < -0.3 is 10.5 Å². The van der Waals surface area contributed by atoms with Gasteiger partial charge in [0, 0.05) is 19.2 Å². The average molecular weight is 272 g/mol. The molecule has 1 rings (SSSR count). The first-order valence-corrected chi connectivity index (χ1v) is 7.22. The molecule has 0 saturated heterocycles. The van der Waals surface area contributed by atoms with Crippen LogP contribution in [0.1, 0.15) is 25.5 Å². The number of benzene rings is 1. The van der Waals surface area contributed by atoms with Crippen LogP contribution < -0.4 is 10.5 Å². The summed E-state index contributed by atoms with van der Waals surface area (Å²) in [5.41, 5.74) is 6.53. The van der Waals surface area contributed by atoms with E-state index in [1.165, 1.54) is 7.11 Å². The summed E-state index contributed by atoms with van der Waals surface area (Å²) >= 11 is 0. The van der Waals surface area contributed by atoms with Crippen LogP contribution in [0.15, 0.2) is 29.2 Å². The number of hydrogen-bond acceptors (Lipinski definition) is 4. The lowest BCUT2D eigenvalue weighted by Crippen LogP contribution is -2.35. The summed E-state index contributed by atoms with van der Waals surface area (Å²) in [6, 6.07) is 6.16. The zero-order valence-corrected chi connectivity index (χ0v) is 11.7. The van der Waals surface area contributed by atoms with Crippen molar-refractivity contribution in [3.05, 3.63) is 29.8 Å². The van der Waals surface area contributed by atoms with Crippen LogP contribution in [0, 0.1) is 0 Å². The van der Waals surface area contributed by atoms with Crippen LogP contribution in [0.25, 0.3) is 0 Å². The Balaban J connectivity index is 2.94. The maximum absolute atomic E-state index is 12.1. The Kier molecular flexibility index (Phi) is 5.28. The molecule has 6 heteroatoms. The second-order valence-corrected chi connectivity index (χ2v) is 6.05. The van der Waals surface area contributed by atoms with Gasteiger partial charge >= 0.3 is 0 Å². The fraction of sp³-hybridized carbons (Fsp3) is 0.500. The van der Waals surface area contributed by atoms with Crippen LogP contribution in [-0.2, 0) is 14.8 Å². The van der Waals surface area contributed by atoms with Crippen molar-refractivity contribution in [1.29, 1.82) is 0 Å². The molecule has 0 aliphatic carbocycles. The Bertz CT molecular complexity index is 486. The summed E-state index contributed by atoms with van der Waals surface area (Å²) < 4.78 is 31.6. The molecule has 3 N–H and O–H groups in total. The van der Waals surface area contributed by atoms with E-state index < -0.39 is 10.0 Å². The normalized spacial score (nSPS) is 15.3. The molecule has 0 aromatic heterocycles. The molecule has 102 valence electrons. The minimum Gasteiger partial charge on any atom is -0.383 e. The zero-order chi connectivity index (χ0) is 13.8. The highest BCUT2D eigenvalue weighted by Crippen LogP contribution is 2.16. The molecule has 0 heterocycles. The van der Waals surface area contributed by atoms with Gasteiger partial charge in [0.25, 0.3) is 0 Å². The zero-order valence-electron chi connectivity index (χ0n) is 10.9. The first-order valence-electron chi connectivity index (χ1n) is 5.73. The predicted molar refractivity (Wildman–Crippen MR) is 70.7 cm³/mol. The minimum atomic E-state index is -3.52. The van der Waals surface area contributed by atoms with E-state index in [1.807, 2.05) is 13.0 Å². The highest BCUT2D eigenvalue weighted by Gasteiger charge is 2.17. The molecule has 2 unspecified atom stereocenters. The van der Waals surface area contributed by atoms with E-state index in [0.717, 1.165) is 5.56 Å². The monoisotopic (exact) mass is 272 g/mol. The standard InChI is InChI=1S/C12H20N2O3S/c1-9(8-17-3)14-18(15,16)12-6-4-5-11(7-12)10(2)13/h4-7,9-10,14H,8,13H2,1-3H3. The van der Waals surface area contributed by atoms with Gasteiger partial charge in [0.2, 0.25) is 10.0 Å². The summed E-state index contributed by atoms with van der Waals surface area (Å²) in [4.78, 5) is 0.222. The Hall–Kier alpha value is -0.950. The maximum atomic E-state index is 12.1. The van der Waals surface area contributed by atoms with Crippen molar-refractivity contribution in [2.75, 3.05) is 13.7 Å². The molecular formula is C12H20N2O3S. The summed E-state index contributed by atoms with van der Waals surface area (Å²) in [7, 11) is -1.99. The van der Waals surface area contributed by atoms with E-state index in [2.05, 4.69) is 4.72 Å². The molecular weight excluding hydrogens is 252 g/mol. The Morgan fingerprint density at radius 2 is 2.06 bits per heavy atom. The van der Waals surface area contributed by atoms with Crippen LogP contribution in [0.3, 0.4) is 0 Å². The third kappa shape index (κ3) is 4.06. The lowest BCUT2D eigenvalue weighted by atomic mass is 10.1. The van der Waals surface area contributed by atoms with Gasteiger partial charge in [-0.25, -0.2) is 13.1 Å². The first kappa shape index (κ1) is 15.1. The molecule has 0 bridgehead atoms. The quantitative estimate of drug-likeness (QED) is 0.810. The topological polar surface area (TPSA) is 81.4 Å². The van der Waals surface area contributed by atoms with Crippen molar-refractivity contribution >= 4 is 10.0 Å². The molecule has 5 nitrogen and oxygen atoms in total. The average Bonchev–Trinajstić information content (AvgIpc) is 2.28. The molecule has 0 saturated carbocycles. The maximum Gasteiger partial charge on any atom is 0.240 e. The van der Waals surface area contributed by atoms with Gasteiger partial charge in [0.15, 0.2) is 0 Å². The second kappa shape index (κ2) is 6.29. The van der Waals surface area contributed by atoms with E-state index >= 15 is 0 Å². The highest BCUT2D eigenvalue weighted by atomic mass is 32.2. The molecule has 0 aliphatic heterocycles. The Morgan fingerprint density at radius 1 is 1.39 bits per heavy atom. The summed E-state index contributed by atoms with van der Waals surface area (Å²) in [5.74, 6) is 0. The fourth-order valence-corrected chi connectivity index (χ4v) is 2.86. The van der Waals surface area contributed by atoms with E-state index in [1.54, 1.807) is 25.1 Å². The number of sulfonamides is 1. The number of methoxy groups -OCH3 is 1. The van der Waals surface area contributed by atoms with Crippen LogP contribution in [-0.4, -0.2) is 28.2 Å². The lowest BCUT2D eigenvalue weighted by Gasteiger charge is -2.14. The van der Waals surface area contributed by atoms with Crippen LogP contribution in [0.4, 0.5) is 0 Å². The van der Waals surface area contributed by atoms with E-state index in [4.69, 9.17) is 10.5 Å². The predicted octanol–water partition coefficient (Wildman–Crippen LogP) is 1.02. The number of nitrogens with one attached hydrogen (secondary N) is 1. The van der Waals surface area contributed by atoms with Gasteiger partial charge in [-0.05, 0) is 31.5 Å². The molecule has 18 heavy (non-hydrogen) atoms. The number of ether oxygens (including phenoxy) is 1. The fourth-order valence-electron chi connectivity index (χ4n) is 1.58. The number of nitrogens with two attached hydrogens (primary N) is 1. The molecule has 0 radical (unpaired) electrons. The summed E-state index contributed by atoms with van der Waals surface area (Å²) in [5, 5.41) is 0. The molecule has 0 fully saturated rings. The van der Waals surface area contributed by atoms with Crippen LogP contribution >= 0.6 is 0 Å². The SMILES string of the molecule is COCC(C)NS(=O)(=O)c1cccc(C(C)N)c1. The van der Waals surface area contributed by atoms with E-state index in [0.29, 0.717) is 6.61 Å². The van der Waals surface area contributed by atoms with Crippen LogP contribution in [0.2, 0.25) is 0 Å². The highest BCUT2D eigenvalue weighted by molar-refractivity contribution is 7.89. The van der Waals surface area contributed by atoms with Gasteiger partial charge in [-0.3, -0.25) is 0 Å². The van der Waals surface area contributed by atoms with Gasteiger partial charge in [-0.2, -0.15) is 0 Å². The minimum absolute atomic E-state index is 0.198.